The van der Waals surface area contributed by atoms with Gasteiger partial charge in [-0.05, 0) is 25.5 Å². The van der Waals surface area contributed by atoms with E-state index in [0.717, 1.165) is 0 Å². The highest BCUT2D eigenvalue weighted by Gasteiger charge is 2.34. The Labute approximate surface area is 138 Å². The van der Waals surface area contributed by atoms with Crippen molar-refractivity contribution in [1.82, 2.24) is 15.5 Å². The number of furan rings is 1. The Hall–Kier alpha value is -1.74. The van der Waals surface area contributed by atoms with E-state index < -0.39 is 18.8 Å². The van der Waals surface area contributed by atoms with Crippen LogP contribution in [0.3, 0.4) is 0 Å². The van der Waals surface area contributed by atoms with Crippen molar-refractivity contribution < 1.29 is 22.7 Å². The highest BCUT2D eigenvalue weighted by atomic mass is 19.4. The fourth-order valence-electron chi connectivity index (χ4n) is 2.61. The quantitative estimate of drug-likeness (QED) is 0.537. The van der Waals surface area contributed by atoms with Gasteiger partial charge in [0.25, 0.3) is 0 Å². The first-order valence-electron chi connectivity index (χ1n) is 7.93. The average molecular weight is 348 g/mol. The summed E-state index contributed by atoms with van der Waals surface area (Å²) in [6.45, 7) is 2.42. The van der Waals surface area contributed by atoms with Crippen LogP contribution in [0, 0.1) is 0 Å². The van der Waals surface area contributed by atoms with Crippen LogP contribution in [0.2, 0.25) is 0 Å². The molecule has 1 fully saturated rings. The monoisotopic (exact) mass is 348 g/mol. The lowest BCUT2D eigenvalue weighted by molar-refractivity contribution is -0.143. The Balaban J connectivity index is 1.86. The van der Waals surface area contributed by atoms with Gasteiger partial charge in [0, 0.05) is 25.7 Å². The van der Waals surface area contributed by atoms with Crippen LogP contribution < -0.4 is 10.6 Å². The Morgan fingerprint density at radius 2 is 2.33 bits per heavy atom. The fraction of sp³-hybridized carbons (Fsp3) is 0.667. The van der Waals surface area contributed by atoms with Crippen LogP contribution in [0.15, 0.2) is 27.8 Å². The van der Waals surface area contributed by atoms with Crippen LogP contribution in [0.4, 0.5) is 13.2 Å². The second-order valence-corrected chi connectivity index (χ2v) is 5.73. The number of halogens is 3. The number of nitrogens with one attached hydrogen (secondary N) is 2. The minimum absolute atomic E-state index is 0.0990. The van der Waals surface area contributed by atoms with Gasteiger partial charge in [-0.2, -0.15) is 13.2 Å². The predicted octanol–water partition coefficient (Wildman–Crippen LogP) is 1.50. The first kappa shape index (κ1) is 18.6. The van der Waals surface area contributed by atoms with E-state index in [0.29, 0.717) is 37.8 Å². The molecule has 1 aromatic heterocycles. The van der Waals surface area contributed by atoms with Crippen molar-refractivity contribution in [2.75, 3.05) is 32.7 Å². The van der Waals surface area contributed by atoms with Gasteiger partial charge in [-0.1, -0.05) is 0 Å². The molecule has 1 saturated heterocycles. The summed E-state index contributed by atoms with van der Waals surface area (Å²) in [7, 11) is 0. The molecule has 3 N–H and O–H groups in total. The molecule has 0 spiro atoms. The van der Waals surface area contributed by atoms with Crippen molar-refractivity contribution in [2.45, 2.75) is 31.7 Å². The number of aliphatic hydroxyl groups is 1. The lowest BCUT2D eigenvalue weighted by atomic mass is 10.2. The molecule has 0 saturated carbocycles. The van der Waals surface area contributed by atoms with Crippen LogP contribution in [-0.2, 0) is 0 Å². The number of aliphatic imine (C=N–C) groups is 1. The molecule has 1 aliphatic rings. The number of hydrogen-bond donors (Lipinski definition) is 3. The number of rotatable bonds is 6. The molecule has 2 unspecified atom stereocenters. The van der Waals surface area contributed by atoms with Gasteiger partial charge in [0.2, 0.25) is 0 Å². The van der Waals surface area contributed by atoms with Gasteiger partial charge in [-0.3, -0.25) is 9.89 Å². The molecule has 0 amide bonds. The van der Waals surface area contributed by atoms with Gasteiger partial charge in [0.1, 0.15) is 11.9 Å². The van der Waals surface area contributed by atoms with Gasteiger partial charge in [-0.15, -0.1) is 0 Å². The smallest absolute Gasteiger partial charge is 0.401 e. The van der Waals surface area contributed by atoms with Crippen molar-refractivity contribution in [2.24, 2.45) is 4.99 Å². The summed E-state index contributed by atoms with van der Waals surface area (Å²) in [6.07, 6.45) is -2.96. The largest absolute Gasteiger partial charge is 0.467 e. The summed E-state index contributed by atoms with van der Waals surface area (Å²) in [6, 6.07) is 3.23. The molecule has 136 valence electrons. The third kappa shape index (κ3) is 6.04. The lowest BCUT2D eigenvalue weighted by Crippen LogP contribution is -2.45. The standard InChI is InChI=1S/C15H23F3N4O2/c1-2-19-14(20-8-12(23)13-4-3-7-24-13)21-11-5-6-22(9-11)10-15(16,17)18/h3-4,7,11-12,23H,2,5-6,8-10H2,1H3,(H2,19,20,21). The SMILES string of the molecule is CCNC(=NCC(O)c1ccco1)NC1CCN(CC(F)(F)F)C1. The molecule has 0 aliphatic carbocycles. The van der Waals surface area contributed by atoms with Gasteiger partial charge < -0.3 is 20.2 Å². The zero-order valence-corrected chi connectivity index (χ0v) is 13.5. The van der Waals surface area contributed by atoms with Crippen molar-refractivity contribution in [1.29, 1.82) is 0 Å². The van der Waals surface area contributed by atoms with Crippen LogP contribution in [0.1, 0.15) is 25.2 Å². The molecule has 1 aliphatic heterocycles. The maximum Gasteiger partial charge on any atom is 0.401 e. The zero-order valence-electron chi connectivity index (χ0n) is 13.5. The molecule has 9 heteroatoms. The molecular formula is C15H23F3N4O2. The maximum atomic E-state index is 12.4. The fourth-order valence-corrected chi connectivity index (χ4v) is 2.61. The van der Waals surface area contributed by atoms with E-state index in [9.17, 15) is 18.3 Å². The predicted molar refractivity (Wildman–Crippen MR) is 83.7 cm³/mol. The normalized spacial score (nSPS) is 21.0. The van der Waals surface area contributed by atoms with Crippen molar-refractivity contribution in [3.8, 4) is 0 Å². The topological polar surface area (TPSA) is 73.0 Å². The van der Waals surface area contributed by atoms with E-state index in [1.807, 2.05) is 6.92 Å². The van der Waals surface area contributed by atoms with Gasteiger partial charge in [-0.25, -0.2) is 0 Å². The van der Waals surface area contributed by atoms with Crippen molar-refractivity contribution in [3.63, 3.8) is 0 Å². The minimum atomic E-state index is -4.18. The second-order valence-electron chi connectivity index (χ2n) is 5.73. The third-order valence-corrected chi connectivity index (χ3v) is 3.65. The van der Waals surface area contributed by atoms with Crippen LogP contribution >= 0.6 is 0 Å². The Bertz CT molecular complexity index is 519. The number of likely N-dealkylation sites (tertiary alicyclic amines) is 1. The van der Waals surface area contributed by atoms with E-state index in [-0.39, 0.29) is 12.6 Å². The third-order valence-electron chi connectivity index (χ3n) is 3.65. The van der Waals surface area contributed by atoms with E-state index in [1.165, 1.54) is 11.2 Å². The van der Waals surface area contributed by atoms with Crippen LogP contribution in [-0.4, -0.2) is 60.9 Å². The molecule has 2 atom stereocenters. The molecule has 0 bridgehead atoms. The minimum Gasteiger partial charge on any atom is -0.467 e. The molecule has 24 heavy (non-hydrogen) atoms. The van der Waals surface area contributed by atoms with Crippen LogP contribution in [0.5, 0.6) is 0 Å². The van der Waals surface area contributed by atoms with Crippen molar-refractivity contribution >= 4 is 5.96 Å². The van der Waals surface area contributed by atoms with E-state index >= 15 is 0 Å². The molecule has 2 heterocycles. The number of nitrogens with zero attached hydrogens (tertiary/aromatic N) is 2. The van der Waals surface area contributed by atoms with Crippen LogP contribution in [0.25, 0.3) is 0 Å². The molecule has 2 rings (SSSR count). The second kappa shape index (κ2) is 8.39. The molecule has 6 nitrogen and oxygen atoms in total. The molecule has 1 aromatic rings. The van der Waals surface area contributed by atoms with E-state index in [2.05, 4.69) is 15.6 Å². The molecular weight excluding hydrogens is 325 g/mol. The average Bonchev–Trinajstić information content (AvgIpc) is 3.15. The number of aliphatic hydroxyl groups excluding tert-OH is 1. The number of guanidine groups is 1. The Morgan fingerprint density at radius 3 is 2.96 bits per heavy atom. The van der Waals surface area contributed by atoms with E-state index in [1.54, 1.807) is 12.1 Å². The van der Waals surface area contributed by atoms with E-state index in [4.69, 9.17) is 4.42 Å². The van der Waals surface area contributed by atoms with Gasteiger partial charge >= 0.3 is 6.18 Å². The highest BCUT2D eigenvalue weighted by molar-refractivity contribution is 5.80. The van der Waals surface area contributed by atoms with Gasteiger partial charge in [0.15, 0.2) is 5.96 Å². The first-order chi connectivity index (χ1) is 11.4. The summed E-state index contributed by atoms with van der Waals surface area (Å²) in [4.78, 5) is 5.65. The highest BCUT2D eigenvalue weighted by Crippen LogP contribution is 2.20. The Kier molecular flexibility index (Phi) is 6.50. The van der Waals surface area contributed by atoms with Gasteiger partial charge in [0.05, 0.1) is 19.4 Å². The first-order valence-corrected chi connectivity index (χ1v) is 7.93. The summed E-state index contributed by atoms with van der Waals surface area (Å²) in [5.74, 6) is 0.897. The summed E-state index contributed by atoms with van der Waals surface area (Å²) in [5.41, 5.74) is 0. The maximum absolute atomic E-state index is 12.4. The molecule has 0 aromatic carbocycles. The van der Waals surface area contributed by atoms with Crippen molar-refractivity contribution in [3.05, 3.63) is 24.2 Å². The molecule has 0 radical (unpaired) electrons. The summed E-state index contributed by atoms with van der Waals surface area (Å²) < 4.78 is 42.4. The summed E-state index contributed by atoms with van der Waals surface area (Å²) in [5, 5.41) is 16.1. The lowest BCUT2D eigenvalue weighted by Gasteiger charge is -2.20. The number of hydrogen-bond acceptors (Lipinski definition) is 4. The number of alkyl halides is 3. The summed E-state index contributed by atoms with van der Waals surface area (Å²) >= 11 is 0. The zero-order chi connectivity index (χ0) is 17.6. The Morgan fingerprint density at radius 1 is 1.54 bits per heavy atom.